The minimum Gasteiger partial charge on any atom is -0.371 e. The van der Waals surface area contributed by atoms with Crippen LogP contribution in [0.5, 0.6) is 0 Å². The maximum Gasteiger partial charge on any atom is 0.0366 e. The van der Waals surface area contributed by atoms with Crippen molar-refractivity contribution < 1.29 is 0 Å². The molecular formula is C16H27ClN2. The number of aryl methyl sites for hydroxylation is 1. The molecule has 1 aliphatic heterocycles. The SMILES string of the molecule is CCCC[C@@H]1CN(c2ccc(C)cc2)CC[C@@H]1N.Cl. The average molecular weight is 283 g/mol. The fourth-order valence-corrected chi connectivity index (χ4v) is 2.81. The maximum atomic E-state index is 6.26. The number of benzene rings is 1. The van der Waals surface area contributed by atoms with Crippen LogP contribution in [-0.4, -0.2) is 19.1 Å². The van der Waals surface area contributed by atoms with Gasteiger partial charge < -0.3 is 10.6 Å². The number of piperidine rings is 1. The van der Waals surface area contributed by atoms with Crippen molar-refractivity contribution in [2.75, 3.05) is 18.0 Å². The molecule has 1 aromatic rings. The Morgan fingerprint density at radius 1 is 1.26 bits per heavy atom. The van der Waals surface area contributed by atoms with Gasteiger partial charge in [0, 0.05) is 24.8 Å². The Morgan fingerprint density at radius 2 is 1.95 bits per heavy atom. The summed E-state index contributed by atoms with van der Waals surface area (Å²) in [6.45, 7) is 6.63. The Kier molecular flexibility index (Phi) is 6.67. The number of hydrogen-bond donors (Lipinski definition) is 1. The number of rotatable bonds is 4. The van der Waals surface area contributed by atoms with Crippen molar-refractivity contribution in [3.8, 4) is 0 Å². The standard InChI is InChI=1S/C16H26N2.ClH/c1-3-4-5-14-12-18(11-10-16(14)17)15-8-6-13(2)7-9-15;/h6-9,14,16H,3-5,10-12,17H2,1-2H3;1H/t14-,16+;/m1./s1. The fraction of sp³-hybridized carbons (Fsp3) is 0.625. The smallest absolute Gasteiger partial charge is 0.0366 e. The van der Waals surface area contributed by atoms with Gasteiger partial charge in [0.05, 0.1) is 0 Å². The molecule has 2 atom stereocenters. The zero-order chi connectivity index (χ0) is 13.0. The molecule has 0 bridgehead atoms. The first kappa shape index (κ1) is 16.3. The van der Waals surface area contributed by atoms with E-state index >= 15 is 0 Å². The first-order chi connectivity index (χ1) is 8.70. The highest BCUT2D eigenvalue weighted by Gasteiger charge is 2.26. The van der Waals surface area contributed by atoms with Crippen molar-refractivity contribution in [1.29, 1.82) is 0 Å². The van der Waals surface area contributed by atoms with E-state index in [-0.39, 0.29) is 12.4 Å². The average Bonchev–Trinajstić information content (AvgIpc) is 2.39. The van der Waals surface area contributed by atoms with Gasteiger partial charge in [-0.2, -0.15) is 0 Å². The van der Waals surface area contributed by atoms with E-state index in [1.54, 1.807) is 0 Å². The number of anilines is 1. The summed E-state index contributed by atoms with van der Waals surface area (Å²) in [6, 6.07) is 9.28. The van der Waals surface area contributed by atoms with E-state index in [2.05, 4.69) is 43.0 Å². The van der Waals surface area contributed by atoms with Crippen molar-refractivity contribution in [1.82, 2.24) is 0 Å². The summed E-state index contributed by atoms with van der Waals surface area (Å²) in [4.78, 5) is 2.50. The van der Waals surface area contributed by atoms with Crippen LogP contribution in [0.3, 0.4) is 0 Å². The summed E-state index contributed by atoms with van der Waals surface area (Å²) in [6.07, 6.45) is 4.98. The van der Waals surface area contributed by atoms with Gasteiger partial charge >= 0.3 is 0 Å². The summed E-state index contributed by atoms with van der Waals surface area (Å²) in [5.41, 5.74) is 8.94. The van der Waals surface area contributed by atoms with Crippen LogP contribution in [0.4, 0.5) is 5.69 Å². The van der Waals surface area contributed by atoms with Gasteiger partial charge in [-0.25, -0.2) is 0 Å². The van der Waals surface area contributed by atoms with Gasteiger partial charge in [-0.05, 0) is 37.8 Å². The highest BCUT2D eigenvalue weighted by molar-refractivity contribution is 5.85. The second-order valence-corrected chi connectivity index (χ2v) is 5.64. The van der Waals surface area contributed by atoms with Gasteiger partial charge in [0.2, 0.25) is 0 Å². The predicted molar refractivity (Wildman–Crippen MR) is 86.2 cm³/mol. The van der Waals surface area contributed by atoms with Crippen LogP contribution in [0.2, 0.25) is 0 Å². The molecule has 19 heavy (non-hydrogen) atoms. The lowest BCUT2D eigenvalue weighted by Crippen LogP contribution is -2.47. The third-order valence-electron chi connectivity index (χ3n) is 4.12. The highest BCUT2D eigenvalue weighted by atomic mass is 35.5. The van der Waals surface area contributed by atoms with Crippen LogP contribution in [0, 0.1) is 12.8 Å². The zero-order valence-electron chi connectivity index (χ0n) is 12.1. The molecule has 3 heteroatoms. The Bertz CT molecular complexity index is 364. The molecule has 1 heterocycles. The van der Waals surface area contributed by atoms with Gasteiger partial charge in [-0.15, -0.1) is 12.4 Å². The summed E-state index contributed by atoms with van der Waals surface area (Å²) >= 11 is 0. The molecule has 0 unspecified atom stereocenters. The number of nitrogens with zero attached hydrogens (tertiary/aromatic N) is 1. The fourth-order valence-electron chi connectivity index (χ4n) is 2.81. The summed E-state index contributed by atoms with van der Waals surface area (Å²) in [7, 11) is 0. The Morgan fingerprint density at radius 3 is 2.58 bits per heavy atom. The monoisotopic (exact) mass is 282 g/mol. The molecule has 0 amide bonds. The molecule has 1 fully saturated rings. The Balaban J connectivity index is 0.00000180. The molecule has 0 aromatic heterocycles. The lowest BCUT2D eigenvalue weighted by atomic mass is 9.88. The number of nitrogens with two attached hydrogens (primary N) is 1. The molecule has 0 saturated carbocycles. The number of hydrogen-bond acceptors (Lipinski definition) is 2. The van der Waals surface area contributed by atoms with Gasteiger partial charge in [0.1, 0.15) is 0 Å². The van der Waals surface area contributed by atoms with Crippen molar-refractivity contribution in [2.45, 2.75) is 45.6 Å². The van der Waals surface area contributed by atoms with Gasteiger partial charge in [0.15, 0.2) is 0 Å². The molecule has 2 N–H and O–H groups in total. The molecule has 0 radical (unpaired) electrons. The first-order valence-corrected chi connectivity index (χ1v) is 7.28. The van der Waals surface area contributed by atoms with Crippen LogP contribution in [0.25, 0.3) is 0 Å². The minimum absolute atomic E-state index is 0. The van der Waals surface area contributed by atoms with E-state index in [9.17, 15) is 0 Å². The van der Waals surface area contributed by atoms with Crippen LogP contribution >= 0.6 is 12.4 Å². The lowest BCUT2D eigenvalue weighted by molar-refractivity contribution is 0.330. The van der Waals surface area contributed by atoms with Gasteiger partial charge in [-0.1, -0.05) is 37.5 Å². The normalized spacial score (nSPS) is 23.0. The topological polar surface area (TPSA) is 29.3 Å². The Labute approximate surface area is 123 Å². The third-order valence-corrected chi connectivity index (χ3v) is 4.12. The zero-order valence-corrected chi connectivity index (χ0v) is 13.0. The largest absolute Gasteiger partial charge is 0.371 e. The molecule has 2 nitrogen and oxygen atoms in total. The maximum absolute atomic E-state index is 6.26. The quantitative estimate of drug-likeness (QED) is 0.911. The molecule has 2 rings (SSSR count). The van der Waals surface area contributed by atoms with Crippen LogP contribution in [0.15, 0.2) is 24.3 Å². The third kappa shape index (κ3) is 4.39. The highest BCUT2D eigenvalue weighted by Crippen LogP contribution is 2.25. The molecular weight excluding hydrogens is 256 g/mol. The van der Waals surface area contributed by atoms with Crippen LogP contribution in [-0.2, 0) is 0 Å². The van der Waals surface area contributed by atoms with E-state index < -0.39 is 0 Å². The lowest BCUT2D eigenvalue weighted by Gasteiger charge is -2.38. The van der Waals surface area contributed by atoms with Crippen molar-refractivity contribution in [3.63, 3.8) is 0 Å². The van der Waals surface area contributed by atoms with Gasteiger partial charge in [0.25, 0.3) is 0 Å². The summed E-state index contributed by atoms with van der Waals surface area (Å²) in [5.74, 6) is 0.667. The number of unbranched alkanes of at least 4 members (excludes halogenated alkanes) is 1. The Hall–Kier alpha value is -0.730. The molecule has 108 valence electrons. The summed E-state index contributed by atoms with van der Waals surface area (Å²) in [5, 5.41) is 0. The second-order valence-electron chi connectivity index (χ2n) is 5.64. The molecule has 0 spiro atoms. The van der Waals surface area contributed by atoms with E-state index in [0.717, 1.165) is 19.5 Å². The minimum atomic E-state index is 0. The van der Waals surface area contributed by atoms with Crippen molar-refractivity contribution in [2.24, 2.45) is 11.7 Å². The number of halogens is 1. The van der Waals surface area contributed by atoms with Crippen LogP contribution < -0.4 is 10.6 Å². The first-order valence-electron chi connectivity index (χ1n) is 7.28. The molecule has 0 aliphatic carbocycles. The van der Waals surface area contributed by atoms with Crippen molar-refractivity contribution >= 4 is 18.1 Å². The van der Waals surface area contributed by atoms with Gasteiger partial charge in [-0.3, -0.25) is 0 Å². The van der Waals surface area contributed by atoms with Crippen molar-refractivity contribution in [3.05, 3.63) is 29.8 Å². The second kappa shape index (κ2) is 7.76. The molecule has 1 aromatic carbocycles. The summed E-state index contributed by atoms with van der Waals surface area (Å²) < 4.78 is 0. The van der Waals surface area contributed by atoms with E-state index in [1.807, 2.05) is 0 Å². The molecule has 1 aliphatic rings. The van der Waals surface area contributed by atoms with E-state index in [0.29, 0.717) is 12.0 Å². The van der Waals surface area contributed by atoms with Crippen LogP contribution in [0.1, 0.15) is 38.2 Å². The van der Waals surface area contributed by atoms with E-state index in [1.165, 1.54) is 30.5 Å². The predicted octanol–water partition coefficient (Wildman–Crippen LogP) is 3.76. The molecule has 1 saturated heterocycles. The van der Waals surface area contributed by atoms with E-state index in [4.69, 9.17) is 5.73 Å².